The van der Waals surface area contributed by atoms with Crippen LogP contribution in [0.5, 0.6) is 23.0 Å². The van der Waals surface area contributed by atoms with E-state index in [1.807, 2.05) is 72.8 Å². The molecule has 9 rings (SSSR count). The minimum atomic E-state index is 0.465. The molecule has 0 saturated heterocycles. The smallest absolute Gasteiger partial charge is 0.168 e. The van der Waals surface area contributed by atoms with Gasteiger partial charge in [0.1, 0.15) is 45.6 Å². The lowest BCUT2D eigenvalue weighted by molar-refractivity contribution is 0.318. The Balaban J connectivity index is 1.46. The summed E-state index contributed by atoms with van der Waals surface area (Å²) in [5.41, 5.74) is 5.37. The van der Waals surface area contributed by atoms with Gasteiger partial charge in [0.25, 0.3) is 0 Å². The van der Waals surface area contributed by atoms with Crippen molar-refractivity contribution in [2.45, 2.75) is 53.4 Å². The zero-order chi connectivity index (χ0) is 38.2. The van der Waals surface area contributed by atoms with Crippen molar-refractivity contribution in [3.8, 4) is 68.5 Å². The minimum absolute atomic E-state index is 0.465. The number of ether oxygens (including phenoxy) is 4. The second-order valence-electron chi connectivity index (χ2n) is 13.7. The van der Waals surface area contributed by atoms with Crippen molar-refractivity contribution in [3.63, 3.8) is 0 Å². The number of nitrogens with one attached hydrogen (secondary N) is 2. The maximum Gasteiger partial charge on any atom is 0.168 e. The third-order valence-electron chi connectivity index (χ3n) is 9.63. The Labute approximate surface area is 323 Å². The van der Waals surface area contributed by atoms with Crippen LogP contribution in [0.25, 0.3) is 89.7 Å². The monoisotopic (exact) mass is 746 g/mol. The van der Waals surface area contributed by atoms with Gasteiger partial charge in [0.2, 0.25) is 0 Å². The number of nitrogens with zero attached hydrogens (tertiary/aromatic N) is 6. The fourth-order valence-electron chi connectivity index (χ4n) is 7.19. The van der Waals surface area contributed by atoms with Crippen LogP contribution in [-0.4, -0.2) is 66.3 Å². The van der Waals surface area contributed by atoms with E-state index in [-0.39, 0.29) is 0 Å². The van der Waals surface area contributed by atoms with Crippen LogP contribution in [0.2, 0.25) is 0 Å². The summed E-state index contributed by atoms with van der Waals surface area (Å²) >= 11 is 0. The van der Waals surface area contributed by atoms with Gasteiger partial charge in [0.05, 0.1) is 48.3 Å². The molecule has 0 spiro atoms. The molecule has 2 N–H and O–H groups in total. The first kappa shape index (κ1) is 35.2. The molecule has 2 aliphatic rings. The molecule has 0 unspecified atom stereocenters. The predicted molar refractivity (Wildman–Crippen MR) is 219 cm³/mol. The number of rotatable bonds is 12. The van der Waals surface area contributed by atoms with E-state index in [0.29, 0.717) is 95.3 Å². The van der Waals surface area contributed by atoms with Gasteiger partial charge < -0.3 is 28.9 Å². The second-order valence-corrected chi connectivity index (χ2v) is 13.7. The molecular weight excluding hydrogens is 705 g/mol. The van der Waals surface area contributed by atoms with E-state index in [9.17, 15) is 0 Å². The summed E-state index contributed by atoms with van der Waals surface area (Å²) in [6.07, 6.45) is 3.39. The number of aromatic nitrogens is 8. The molecule has 0 fully saturated rings. The molecule has 5 heterocycles. The van der Waals surface area contributed by atoms with Gasteiger partial charge in [-0.3, -0.25) is 0 Å². The maximum absolute atomic E-state index is 6.31. The van der Waals surface area contributed by atoms with E-state index in [4.69, 9.17) is 48.9 Å². The van der Waals surface area contributed by atoms with Crippen LogP contribution in [0.15, 0.2) is 72.8 Å². The summed E-state index contributed by atoms with van der Waals surface area (Å²) in [4.78, 5) is 38.2. The molecule has 8 bridgehead atoms. The van der Waals surface area contributed by atoms with Crippen molar-refractivity contribution in [1.82, 2.24) is 39.9 Å². The summed E-state index contributed by atoms with van der Waals surface area (Å²) < 4.78 is 25.2. The van der Waals surface area contributed by atoms with E-state index in [2.05, 4.69) is 37.7 Å². The predicted octanol–water partition coefficient (Wildman–Crippen LogP) is 10.0. The van der Waals surface area contributed by atoms with Gasteiger partial charge in [-0.25, -0.2) is 29.9 Å². The minimum Gasteiger partial charge on any atom is -0.493 e. The zero-order valence-corrected chi connectivity index (χ0v) is 31.9. The van der Waals surface area contributed by atoms with Gasteiger partial charge in [-0.2, -0.15) is 0 Å². The van der Waals surface area contributed by atoms with Crippen LogP contribution in [0.3, 0.4) is 0 Å². The Kier molecular flexibility index (Phi) is 9.38. The highest BCUT2D eigenvalue weighted by Gasteiger charge is 2.27. The second kappa shape index (κ2) is 14.9. The Morgan fingerprint density at radius 3 is 1.16 bits per heavy atom. The molecule has 0 atom stereocenters. The normalized spacial score (nSPS) is 11.8. The number of H-pyrrole nitrogens is 2. The molecule has 3 aromatic heterocycles. The Morgan fingerprint density at radius 1 is 0.393 bits per heavy atom. The average molecular weight is 747 g/mol. The molecule has 56 heavy (non-hydrogen) atoms. The van der Waals surface area contributed by atoms with E-state index in [1.54, 1.807) is 0 Å². The largest absolute Gasteiger partial charge is 0.493 e. The van der Waals surface area contributed by atoms with Gasteiger partial charge in [-0.05, 0) is 49.9 Å². The third-order valence-corrected chi connectivity index (χ3v) is 9.63. The number of hydrogen-bond donors (Lipinski definition) is 2. The van der Waals surface area contributed by atoms with Crippen LogP contribution in [0.4, 0.5) is 0 Å². The maximum atomic E-state index is 6.31. The lowest BCUT2D eigenvalue weighted by atomic mass is 10.1. The summed E-state index contributed by atoms with van der Waals surface area (Å²) in [6, 6.07) is 23.7. The summed E-state index contributed by atoms with van der Waals surface area (Å²) in [7, 11) is 0. The number of hydrogen-bond acceptors (Lipinski definition) is 10. The zero-order valence-electron chi connectivity index (χ0n) is 31.9. The van der Waals surface area contributed by atoms with Crippen LogP contribution < -0.4 is 18.9 Å². The molecule has 0 amide bonds. The van der Waals surface area contributed by atoms with Crippen molar-refractivity contribution >= 4 is 44.1 Å². The topological polar surface area (TPSA) is 146 Å². The fourth-order valence-corrected chi connectivity index (χ4v) is 7.19. The SMILES string of the molecule is CCCOc1cccc2c1-c1nc-2nc2[nH]c(nc3nc(nc4[nH]c(n1)c1cccc(OCCC)c41)-c1cccc(OCCC)c1-3)c1cccc(OCCC)c21. The van der Waals surface area contributed by atoms with E-state index >= 15 is 0 Å². The first-order valence-corrected chi connectivity index (χ1v) is 19.5. The Hall–Kier alpha value is -6.56. The highest BCUT2D eigenvalue weighted by molar-refractivity contribution is 6.10. The molecule has 7 aromatic rings. The van der Waals surface area contributed by atoms with Crippen LogP contribution in [0, 0.1) is 0 Å². The van der Waals surface area contributed by atoms with Gasteiger partial charge in [-0.1, -0.05) is 76.2 Å². The molecule has 4 aromatic carbocycles. The van der Waals surface area contributed by atoms with Crippen molar-refractivity contribution in [1.29, 1.82) is 0 Å². The van der Waals surface area contributed by atoms with Crippen molar-refractivity contribution < 1.29 is 18.9 Å². The highest BCUT2D eigenvalue weighted by Crippen LogP contribution is 2.44. The first-order chi connectivity index (χ1) is 27.6. The molecule has 12 nitrogen and oxygen atoms in total. The number of fused-ring (bicyclic) bond motifs is 20. The van der Waals surface area contributed by atoms with Crippen molar-refractivity contribution in [2.24, 2.45) is 0 Å². The van der Waals surface area contributed by atoms with Gasteiger partial charge in [0, 0.05) is 21.9 Å². The molecule has 282 valence electrons. The molecular formula is C44H42N8O4. The lowest BCUT2D eigenvalue weighted by Crippen LogP contribution is -1.97. The van der Waals surface area contributed by atoms with E-state index in [1.165, 1.54) is 0 Å². The lowest BCUT2D eigenvalue weighted by Gasteiger charge is -2.09. The quantitative estimate of drug-likeness (QED) is 0.124. The van der Waals surface area contributed by atoms with Crippen molar-refractivity contribution in [3.05, 3.63) is 72.8 Å². The Morgan fingerprint density at radius 2 is 0.750 bits per heavy atom. The van der Waals surface area contributed by atoms with Crippen LogP contribution in [-0.2, 0) is 0 Å². The molecule has 12 heteroatoms. The van der Waals surface area contributed by atoms with Crippen LogP contribution in [0.1, 0.15) is 53.4 Å². The molecule has 0 radical (unpaired) electrons. The first-order valence-electron chi connectivity index (χ1n) is 19.5. The summed E-state index contributed by atoms with van der Waals surface area (Å²) in [5, 5.41) is 3.24. The molecule has 0 saturated carbocycles. The third kappa shape index (κ3) is 6.11. The van der Waals surface area contributed by atoms with Gasteiger partial charge in [-0.15, -0.1) is 0 Å². The number of benzene rings is 4. The van der Waals surface area contributed by atoms with Gasteiger partial charge in [0.15, 0.2) is 23.3 Å². The van der Waals surface area contributed by atoms with Crippen molar-refractivity contribution in [2.75, 3.05) is 26.4 Å². The average Bonchev–Trinajstić information content (AvgIpc) is 3.96. The summed E-state index contributed by atoms with van der Waals surface area (Å²) in [6.45, 7) is 10.5. The highest BCUT2D eigenvalue weighted by atomic mass is 16.5. The van der Waals surface area contributed by atoms with E-state index < -0.39 is 0 Å². The molecule has 2 aliphatic heterocycles. The summed E-state index contributed by atoms with van der Waals surface area (Å²) in [5.74, 6) is 4.65. The molecule has 0 aliphatic carbocycles. The van der Waals surface area contributed by atoms with Crippen LogP contribution >= 0.6 is 0 Å². The number of aromatic amines is 2. The fraction of sp³-hybridized carbons (Fsp3) is 0.273. The van der Waals surface area contributed by atoms with E-state index in [0.717, 1.165) is 69.5 Å². The standard InChI is InChI=1S/C44H42N8O4/c1-5-21-53-29-17-9-13-25-33(29)41-45-37(25)50-42-35-27(15-11-19-31(35)55-23-7-3)39(47-42)52-44-36-28(16-12-20-32(36)56-24-8-4)40(48-44)51-43-34-26(38(46-43)49-41)14-10-18-30(34)54-22-6-2/h9-20H,5-8,21-24H2,1-4H3,(H2,45,46,47,48,49,50,51,52). The Bertz CT molecular complexity index is 2600. The van der Waals surface area contributed by atoms with Gasteiger partial charge >= 0.3 is 0 Å².